The van der Waals surface area contributed by atoms with Crippen LogP contribution in [0.3, 0.4) is 0 Å². The molecule has 3 aromatic carbocycles. The molecule has 4 rings (SSSR count). The van der Waals surface area contributed by atoms with Crippen LogP contribution in [0.1, 0.15) is 47.9 Å². The van der Waals surface area contributed by atoms with Crippen LogP contribution in [0.4, 0.5) is 0 Å². The van der Waals surface area contributed by atoms with Crippen molar-refractivity contribution in [3.63, 3.8) is 0 Å². The van der Waals surface area contributed by atoms with E-state index < -0.39 is 11.6 Å². The number of benzene rings is 3. The molecule has 0 saturated heterocycles. The molecule has 30 heavy (non-hydrogen) atoms. The quantitative estimate of drug-likeness (QED) is 0.444. The van der Waals surface area contributed by atoms with Gasteiger partial charge in [0.15, 0.2) is 11.6 Å². The Morgan fingerprint density at radius 2 is 0.933 bits per heavy atom. The summed E-state index contributed by atoms with van der Waals surface area (Å²) in [5.74, 6) is -1.15. The van der Waals surface area contributed by atoms with Gasteiger partial charge in [0, 0.05) is 28.5 Å². The van der Waals surface area contributed by atoms with Crippen molar-refractivity contribution in [2.75, 3.05) is 0 Å². The first-order chi connectivity index (χ1) is 14.7. The van der Waals surface area contributed by atoms with Crippen molar-refractivity contribution in [2.24, 2.45) is 0 Å². The SMILES string of the molecule is O=C(c1ccccc1)c1ccnc(C(=O)c2ccccc2)c1C(=O)c1ccccc1. The number of ketones is 3. The van der Waals surface area contributed by atoms with E-state index in [4.69, 9.17) is 0 Å². The highest BCUT2D eigenvalue weighted by molar-refractivity contribution is 6.24. The van der Waals surface area contributed by atoms with Crippen LogP contribution in [-0.4, -0.2) is 22.3 Å². The third kappa shape index (κ3) is 3.71. The van der Waals surface area contributed by atoms with Crippen LogP contribution < -0.4 is 0 Å². The number of carbonyl (C=O) groups excluding carboxylic acids is 3. The summed E-state index contributed by atoms with van der Waals surface area (Å²) in [6, 6.07) is 27.4. The lowest BCUT2D eigenvalue weighted by Gasteiger charge is -2.12. The molecule has 0 unspecified atom stereocenters. The highest BCUT2D eigenvalue weighted by atomic mass is 16.1. The third-order valence-electron chi connectivity index (χ3n) is 4.75. The first-order valence-corrected chi connectivity index (χ1v) is 9.45. The van der Waals surface area contributed by atoms with Gasteiger partial charge in [0.2, 0.25) is 5.78 Å². The Hall–Kier alpha value is -4.18. The molecule has 0 aliphatic carbocycles. The molecule has 1 aromatic heterocycles. The van der Waals surface area contributed by atoms with Gasteiger partial charge in [-0.3, -0.25) is 19.4 Å². The summed E-state index contributed by atoms with van der Waals surface area (Å²) >= 11 is 0. The van der Waals surface area contributed by atoms with E-state index in [2.05, 4.69) is 4.98 Å². The minimum Gasteiger partial charge on any atom is -0.289 e. The number of nitrogens with zero attached hydrogens (tertiary/aromatic N) is 1. The molecule has 0 spiro atoms. The van der Waals surface area contributed by atoms with Crippen LogP contribution in [0.25, 0.3) is 0 Å². The Morgan fingerprint density at radius 3 is 1.43 bits per heavy atom. The smallest absolute Gasteiger partial charge is 0.212 e. The Morgan fingerprint density at radius 1 is 0.500 bits per heavy atom. The standard InChI is InChI=1S/C26H17NO3/c28-24(18-10-4-1-5-11-18)21-16-17-27-23(26(30)20-14-8-3-9-15-20)22(21)25(29)19-12-6-2-7-13-19/h1-17H. The highest BCUT2D eigenvalue weighted by Gasteiger charge is 2.27. The lowest BCUT2D eigenvalue weighted by molar-refractivity contribution is 0.0988. The number of pyridine rings is 1. The molecule has 4 nitrogen and oxygen atoms in total. The molecule has 0 bridgehead atoms. The van der Waals surface area contributed by atoms with Crippen LogP contribution in [0.2, 0.25) is 0 Å². The van der Waals surface area contributed by atoms with E-state index in [0.29, 0.717) is 16.7 Å². The third-order valence-corrected chi connectivity index (χ3v) is 4.75. The predicted octanol–water partition coefficient (Wildman–Crippen LogP) is 4.77. The summed E-state index contributed by atoms with van der Waals surface area (Å²) in [5.41, 5.74) is 1.36. The van der Waals surface area contributed by atoms with Gasteiger partial charge in [0.1, 0.15) is 5.69 Å². The summed E-state index contributed by atoms with van der Waals surface area (Å²) in [6.45, 7) is 0. The lowest BCUT2D eigenvalue weighted by atomic mass is 9.90. The maximum Gasteiger partial charge on any atom is 0.212 e. The predicted molar refractivity (Wildman–Crippen MR) is 114 cm³/mol. The molecule has 0 radical (unpaired) electrons. The van der Waals surface area contributed by atoms with Crippen molar-refractivity contribution in [3.05, 3.63) is 137 Å². The van der Waals surface area contributed by atoms with E-state index in [1.807, 2.05) is 6.07 Å². The molecular weight excluding hydrogens is 374 g/mol. The number of hydrogen-bond acceptors (Lipinski definition) is 4. The molecule has 0 saturated carbocycles. The summed E-state index contributed by atoms with van der Waals surface area (Å²) in [4.78, 5) is 44.0. The van der Waals surface area contributed by atoms with E-state index in [1.165, 1.54) is 12.3 Å². The number of hydrogen-bond donors (Lipinski definition) is 0. The molecule has 0 atom stereocenters. The fourth-order valence-electron chi connectivity index (χ4n) is 3.26. The second-order valence-electron chi connectivity index (χ2n) is 6.67. The highest BCUT2D eigenvalue weighted by Crippen LogP contribution is 2.23. The molecule has 1 heterocycles. The summed E-state index contributed by atoms with van der Waals surface area (Å²) in [6.07, 6.45) is 1.40. The Bertz CT molecular complexity index is 1150. The maximum atomic E-state index is 13.4. The van der Waals surface area contributed by atoms with Crippen molar-refractivity contribution in [3.8, 4) is 0 Å². The van der Waals surface area contributed by atoms with E-state index >= 15 is 0 Å². The average molecular weight is 391 g/mol. The second kappa shape index (κ2) is 8.45. The molecule has 4 heteroatoms. The molecular formula is C26H17NO3. The normalized spacial score (nSPS) is 10.4. The van der Waals surface area contributed by atoms with Gasteiger partial charge < -0.3 is 0 Å². The summed E-state index contributed by atoms with van der Waals surface area (Å²) in [7, 11) is 0. The van der Waals surface area contributed by atoms with Gasteiger partial charge in [-0.05, 0) is 6.07 Å². The minimum atomic E-state index is -0.415. The molecule has 4 aromatic rings. The van der Waals surface area contributed by atoms with Crippen molar-refractivity contribution in [1.29, 1.82) is 0 Å². The largest absolute Gasteiger partial charge is 0.289 e. The molecule has 0 amide bonds. The maximum absolute atomic E-state index is 13.4. The molecule has 0 aliphatic heterocycles. The van der Waals surface area contributed by atoms with E-state index in [-0.39, 0.29) is 22.6 Å². The minimum absolute atomic E-state index is 0.0198. The zero-order chi connectivity index (χ0) is 20.9. The number of rotatable bonds is 6. The van der Waals surface area contributed by atoms with Crippen LogP contribution in [-0.2, 0) is 0 Å². The van der Waals surface area contributed by atoms with Crippen molar-refractivity contribution in [2.45, 2.75) is 0 Å². The number of aromatic nitrogens is 1. The first-order valence-electron chi connectivity index (χ1n) is 9.45. The van der Waals surface area contributed by atoms with Gasteiger partial charge in [-0.1, -0.05) is 91.0 Å². The van der Waals surface area contributed by atoms with Gasteiger partial charge in [-0.2, -0.15) is 0 Å². The van der Waals surface area contributed by atoms with E-state index in [1.54, 1.807) is 84.9 Å². The van der Waals surface area contributed by atoms with Gasteiger partial charge in [0.25, 0.3) is 0 Å². The van der Waals surface area contributed by atoms with Crippen LogP contribution in [0.15, 0.2) is 103 Å². The van der Waals surface area contributed by atoms with E-state index in [0.717, 1.165) is 0 Å². The summed E-state index contributed by atoms with van der Waals surface area (Å²) in [5, 5.41) is 0. The molecule has 0 fully saturated rings. The Kier molecular flexibility index (Phi) is 5.39. The van der Waals surface area contributed by atoms with Gasteiger partial charge >= 0.3 is 0 Å². The molecule has 0 aliphatic rings. The van der Waals surface area contributed by atoms with Crippen LogP contribution in [0.5, 0.6) is 0 Å². The first kappa shape index (κ1) is 19.2. The lowest BCUT2D eigenvalue weighted by Crippen LogP contribution is -2.18. The monoisotopic (exact) mass is 391 g/mol. The van der Waals surface area contributed by atoms with Gasteiger partial charge in [-0.25, -0.2) is 0 Å². The zero-order valence-electron chi connectivity index (χ0n) is 16.0. The van der Waals surface area contributed by atoms with Gasteiger partial charge in [0.05, 0.1) is 5.56 Å². The molecule has 0 N–H and O–H groups in total. The number of carbonyl (C=O) groups is 3. The molecule has 144 valence electrons. The van der Waals surface area contributed by atoms with E-state index in [9.17, 15) is 14.4 Å². The Balaban J connectivity index is 1.92. The zero-order valence-corrected chi connectivity index (χ0v) is 16.0. The van der Waals surface area contributed by atoms with Crippen LogP contribution in [0, 0.1) is 0 Å². The second-order valence-corrected chi connectivity index (χ2v) is 6.67. The topological polar surface area (TPSA) is 64.1 Å². The van der Waals surface area contributed by atoms with Crippen molar-refractivity contribution in [1.82, 2.24) is 4.98 Å². The Labute approximate surface area is 173 Å². The average Bonchev–Trinajstić information content (AvgIpc) is 2.84. The summed E-state index contributed by atoms with van der Waals surface area (Å²) < 4.78 is 0. The van der Waals surface area contributed by atoms with Crippen LogP contribution >= 0.6 is 0 Å². The van der Waals surface area contributed by atoms with Crippen molar-refractivity contribution < 1.29 is 14.4 Å². The fourth-order valence-corrected chi connectivity index (χ4v) is 3.26. The van der Waals surface area contributed by atoms with Crippen molar-refractivity contribution >= 4 is 17.3 Å². The van der Waals surface area contributed by atoms with Gasteiger partial charge in [-0.15, -0.1) is 0 Å². The fraction of sp³-hybridized carbons (Fsp3) is 0.